The van der Waals surface area contributed by atoms with Gasteiger partial charge < -0.3 is 5.73 Å². The van der Waals surface area contributed by atoms with Gasteiger partial charge in [0, 0.05) is 12.2 Å². The second kappa shape index (κ2) is 6.23. The minimum absolute atomic E-state index is 0.0151. The Labute approximate surface area is 92.2 Å². The molecule has 0 fully saturated rings. The number of sulfone groups is 1. The molecule has 2 unspecified atom stereocenters. The fourth-order valence-corrected chi connectivity index (χ4v) is 2.11. The van der Waals surface area contributed by atoms with Crippen molar-refractivity contribution in [2.24, 2.45) is 11.7 Å². The Kier molecular flexibility index (Phi) is 6.05. The Morgan fingerprint density at radius 1 is 1.33 bits per heavy atom. The third kappa shape index (κ3) is 6.62. The number of hydrogen-bond donors (Lipinski definition) is 1. The van der Waals surface area contributed by atoms with E-state index in [-0.39, 0.29) is 23.9 Å². The molecule has 0 aromatic heterocycles. The smallest absolute Gasteiger partial charge is 0.152 e. The SMILES string of the molecule is CCCC(C)C(=O)C(N)CCS(C)(=O)=O. The van der Waals surface area contributed by atoms with Gasteiger partial charge in [0.15, 0.2) is 5.78 Å². The van der Waals surface area contributed by atoms with Crippen LogP contribution in [0, 0.1) is 5.92 Å². The molecule has 0 amide bonds. The van der Waals surface area contributed by atoms with Crippen molar-refractivity contribution in [3.05, 3.63) is 0 Å². The molecule has 0 radical (unpaired) electrons. The number of rotatable bonds is 7. The highest BCUT2D eigenvalue weighted by molar-refractivity contribution is 7.90. The fourth-order valence-electron chi connectivity index (χ4n) is 1.42. The molecular formula is C10H21NO3S. The van der Waals surface area contributed by atoms with Crippen molar-refractivity contribution in [1.29, 1.82) is 0 Å². The zero-order chi connectivity index (χ0) is 12.1. The topological polar surface area (TPSA) is 77.2 Å². The molecular weight excluding hydrogens is 214 g/mol. The highest BCUT2D eigenvalue weighted by Crippen LogP contribution is 2.10. The fraction of sp³-hybridized carbons (Fsp3) is 0.900. The van der Waals surface area contributed by atoms with Gasteiger partial charge in [0.1, 0.15) is 9.84 Å². The summed E-state index contributed by atoms with van der Waals surface area (Å²) in [7, 11) is -3.02. The third-order valence-electron chi connectivity index (χ3n) is 2.37. The molecule has 0 spiro atoms. The maximum absolute atomic E-state index is 11.6. The van der Waals surface area contributed by atoms with Crippen LogP contribution in [-0.2, 0) is 14.6 Å². The van der Waals surface area contributed by atoms with Crippen LogP contribution in [-0.4, -0.2) is 32.3 Å². The Hall–Kier alpha value is -0.420. The molecule has 0 aromatic rings. The molecule has 5 heteroatoms. The van der Waals surface area contributed by atoms with E-state index in [2.05, 4.69) is 0 Å². The van der Waals surface area contributed by atoms with Gasteiger partial charge in [0.25, 0.3) is 0 Å². The Morgan fingerprint density at radius 2 is 1.87 bits per heavy atom. The minimum atomic E-state index is -3.02. The van der Waals surface area contributed by atoms with Crippen molar-refractivity contribution in [1.82, 2.24) is 0 Å². The van der Waals surface area contributed by atoms with Gasteiger partial charge in [-0.05, 0) is 12.8 Å². The first-order chi connectivity index (χ1) is 6.78. The first-order valence-corrected chi connectivity index (χ1v) is 7.31. The van der Waals surface area contributed by atoms with Gasteiger partial charge in [-0.25, -0.2) is 8.42 Å². The second-order valence-electron chi connectivity index (χ2n) is 4.12. The van der Waals surface area contributed by atoms with Gasteiger partial charge in [-0.1, -0.05) is 20.3 Å². The molecule has 0 bridgehead atoms. The molecule has 0 aliphatic heterocycles. The quantitative estimate of drug-likeness (QED) is 0.706. The van der Waals surface area contributed by atoms with Crippen molar-refractivity contribution < 1.29 is 13.2 Å². The number of nitrogens with two attached hydrogens (primary N) is 1. The molecule has 0 rings (SSSR count). The van der Waals surface area contributed by atoms with E-state index in [9.17, 15) is 13.2 Å². The summed E-state index contributed by atoms with van der Waals surface area (Å²) in [6.45, 7) is 3.85. The lowest BCUT2D eigenvalue weighted by molar-refractivity contribution is -0.123. The third-order valence-corrected chi connectivity index (χ3v) is 3.35. The largest absolute Gasteiger partial charge is 0.321 e. The Balaban J connectivity index is 4.10. The molecule has 4 nitrogen and oxygen atoms in total. The summed E-state index contributed by atoms with van der Waals surface area (Å²) in [5, 5.41) is 0. The Bertz CT molecular complexity index is 298. The van der Waals surface area contributed by atoms with Crippen LogP contribution in [0.4, 0.5) is 0 Å². The predicted octanol–water partition coefficient (Wildman–Crippen LogP) is 0.754. The van der Waals surface area contributed by atoms with Crippen LogP contribution in [0.2, 0.25) is 0 Å². The molecule has 90 valence electrons. The lowest BCUT2D eigenvalue weighted by Gasteiger charge is -2.14. The zero-order valence-electron chi connectivity index (χ0n) is 9.69. The van der Waals surface area contributed by atoms with Crippen molar-refractivity contribution in [3.8, 4) is 0 Å². The summed E-state index contributed by atoms with van der Waals surface area (Å²) < 4.78 is 21.8. The van der Waals surface area contributed by atoms with Crippen LogP contribution in [0.15, 0.2) is 0 Å². The van der Waals surface area contributed by atoms with E-state index >= 15 is 0 Å². The van der Waals surface area contributed by atoms with Crippen LogP contribution in [0.25, 0.3) is 0 Å². The number of hydrogen-bond acceptors (Lipinski definition) is 4. The second-order valence-corrected chi connectivity index (χ2v) is 6.38. The predicted molar refractivity (Wildman–Crippen MR) is 61.4 cm³/mol. The summed E-state index contributed by atoms with van der Waals surface area (Å²) >= 11 is 0. The number of carbonyl (C=O) groups is 1. The molecule has 2 atom stereocenters. The average Bonchev–Trinajstić information content (AvgIpc) is 2.12. The summed E-state index contributed by atoms with van der Waals surface area (Å²) in [6.07, 6.45) is 3.13. The number of ketones is 1. The average molecular weight is 235 g/mol. The number of Topliss-reactive ketones (excluding diaryl/α,β-unsaturated/α-hetero) is 1. The van der Waals surface area contributed by atoms with Crippen molar-refractivity contribution >= 4 is 15.6 Å². The summed E-state index contributed by atoms with van der Waals surface area (Å²) in [4.78, 5) is 11.6. The molecule has 2 N–H and O–H groups in total. The lowest BCUT2D eigenvalue weighted by Crippen LogP contribution is -2.36. The van der Waals surface area contributed by atoms with E-state index in [0.717, 1.165) is 19.1 Å². The van der Waals surface area contributed by atoms with E-state index in [0.29, 0.717) is 0 Å². The van der Waals surface area contributed by atoms with E-state index in [4.69, 9.17) is 5.73 Å². The highest BCUT2D eigenvalue weighted by Gasteiger charge is 2.20. The van der Waals surface area contributed by atoms with Crippen molar-refractivity contribution in [2.45, 2.75) is 39.2 Å². The molecule has 0 aliphatic carbocycles. The zero-order valence-corrected chi connectivity index (χ0v) is 10.5. The lowest BCUT2D eigenvalue weighted by atomic mass is 9.95. The van der Waals surface area contributed by atoms with Crippen LogP contribution in [0.5, 0.6) is 0 Å². The summed E-state index contributed by atoms with van der Waals surface area (Å²) in [5.41, 5.74) is 5.64. The van der Waals surface area contributed by atoms with Crippen molar-refractivity contribution in [3.63, 3.8) is 0 Å². The van der Waals surface area contributed by atoms with E-state index < -0.39 is 15.9 Å². The monoisotopic (exact) mass is 235 g/mol. The molecule has 0 aliphatic rings. The van der Waals surface area contributed by atoms with Crippen LogP contribution in [0.1, 0.15) is 33.1 Å². The van der Waals surface area contributed by atoms with Gasteiger partial charge in [0.2, 0.25) is 0 Å². The van der Waals surface area contributed by atoms with Gasteiger partial charge >= 0.3 is 0 Å². The Morgan fingerprint density at radius 3 is 2.27 bits per heavy atom. The van der Waals surface area contributed by atoms with Gasteiger partial charge in [-0.2, -0.15) is 0 Å². The van der Waals surface area contributed by atoms with Gasteiger partial charge in [-0.15, -0.1) is 0 Å². The van der Waals surface area contributed by atoms with Crippen LogP contribution < -0.4 is 5.73 Å². The van der Waals surface area contributed by atoms with Gasteiger partial charge in [0.05, 0.1) is 11.8 Å². The molecule has 15 heavy (non-hydrogen) atoms. The molecule has 0 heterocycles. The van der Waals surface area contributed by atoms with E-state index in [1.165, 1.54) is 0 Å². The first kappa shape index (κ1) is 14.6. The van der Waals surface area contributed by atoms with Crippen LogP contribution >= 0.6 is 0 Å². The summed E-state index contributed by atoms with van der Waals surface area (Å²) in [5.74, 6) is -0.108. The maximum atomic E-state index is 11.6. The minimum Gasteiger partial charge on any atom is -0.321 e. The molecule has 0 aromatic carbocycles. The van der Waals surface area contributed by atoms with E-state index in [1.54, 1.807) is 0 Å². The van der Waals surface area contributed by atoms with Crippen molar-refractivity contribution in [2.75, 3.05) is 12.0 Å². The van der Waals surface area contributed by atoms with Gasteiger partial charge in [-0.3, -0.25) is 4.79 Å². The van der Waals surface area contributed by atoms with E-state index in [1.807, 2.05) is 13.8 Å². The number of carbonyl (C=O) groups excluding carboxylic acids is 1. The van der Waals surface area contributed by atoms with Crippen LogP contribution in [0.3, 0.4) is 0 Å². The molecule has 0 saturated carbocycles. The summed E-state index contributed by atoms with van der Waals surface area (Å²) in [6, 6.07) is -0.638. The normalized spacial score (nSPS) is 16.0. The first-order valence-electron chi connectivity index (χ1n) is 5.25. The highest BCUT2D eigenvalue weighted by atomic mass is 32.2. The standard InChI is InChI=1S/C10H21NO3S/c1-4-5-8(2)10(12)9(11)6-7-15(3,13)14/h8-9H,4-7,11H2,1-3H3. The molecule has 0 saturated heterocycles. The maximum Gasteiger partial charge on any atom is 0.152 e.